The Morgan fingerprint density at radius 3 is 2.47 bits per heavy atom. The van der Waals surface area contributed by atoms with Crippen molar-refractivity contribution in [2.75, 3.05) is 25.6 Å². The van der Waals surface area contributed by atoms with E-state index in [2.05, 4.69) is 0 Å². The van der Waals surface area contributed by atoms with Gasteiger partial charge >= 0.3 is 5.97 Å². The number of benzene rings is 1. The number of rotatable bonds is 5. The zero-order valence-electron chi connectivity index (χ0n) is 10.6. The van der Waals surface area contributed by atoms with Gasteiger partial charge in [0.2, 0.25) is 0 Å². The normalized spacial score (nSPS) is 10.5. The van der Waals surface area contributed by atoms with Gasteiger partial charge in [-0.15, -0.1) is 0 Å². The molecule has 0 atom stereocenters. The molecule has 0 aliphatic rings. The van der Waals surface area contributed by atoms with Crippen molar-refractivity contribution in [3.63, 3.8) is 0 Å². The summed E-state index contributed by atoms with van der Waals surface area (Å²) in [4.78, 5) is 13.1. The Balaban J connectivity index is 2.51. The Bertz CT molecular complexity index is 380. The van der Waals surface area contributed by atoms with Crippen LogP contribution in [0.1, 0.15) is 18.9 Å². The summed E-state index contributed by atoms with van der Waals surface area (Å²) >= 11 is 0. The van der Waals surface area contributed by atoms with E-state index < -0.39 is 0 Å². The van der Waals surface area contributed by atoms with Gasteiger partial charge < -0.3 is 9.64 Å². The van der Waals surface area contributed by atoms with Crippen molar-refractivity contribution in [3.8, 4) is 0 Å². The number of ether oxygens (including phenoxy) is 1. The fourth-order valence-corrected chi connectivity index (χ4v) is 1.39. The summed E-state index contributed by atoms with van der Waals surface area (Å²) in [5.41, 5.74) is 2.24. The van der Waals surface area contributed by atoms with E-state index in [9.17, 15) is 4.79 Å². The lowest BCUT2D eigenvalue weighted by molar-refractivity contribution is -0.142. The van der Waals surface area contributed by atoms with Gasteiger partial charge in [0.1, 0.15) is 0 Å². The van der Waals surface area contributed by atoms with Crippen molar-refractivity contribution < 1.29 is 9.53 Å². The van der Waals surface area contributed by atoms with Crippen molar-refractivity contribution in [3.05, 3.63) is 35.9 Å². The lowest BCUT2D eigenvalue weighted by Crippen LogP contribution is -2.07. The molecule has 0 aliphatic carbocycles. The van der Waals surface area contributed by atoms with Gasteiger partial charge in [-0.2, -0.15) is 0 Å². The molecule has 0 N–H and O–H groups in total. The van der Waals surface area contributed by atoms with E-state index in [1.165, 1.54) is 0 Å². The molecule has 0 saturated heterocycles. The van der Waals surface area contributed by atoms with E-state index in [1.807, 2.05) is 62.3 Å². The number of hydrogen-bond donors (Lipinski definition) is 0. The van der Waals surface area contributed by atoms with Crippen molar-refractivity contribution in [1.82, 2.24) is 0 Å². The highest BCUT2D eigenvalue weighted by Crippen LogP contribution is 2.13. The molecular formula is C14H19NO2. The number of carbonyl (C=O) groups excluding carboxylic acids is 1. The second-order valence-electron chi connectivity index (χ2n) is 3.90. The third-order valence-corrected chi connectivity index (χ3v) is 2.31. The number of esters is 1. The van der Waals surface area contributed by atoms with Crippen LogP contribution in [-0.2, 0) is 9.53 Å². The minimum absolute atomic E-state index is 0.186. The largest absolute Gasteiger partial charge is 0.466 e. The van der Waals surface area contributed by atoms with Gasteiger partial charge in [-0.25, -0.2) is 0 Å². The Labute approximate surface area is 103 Å². The van der Waals surface area contributed by atoms with Crippen LogP contribution in [0, 0.1) is 0 Å². The molecule has 0 aliphatic heterocycles. The van der Waals surface area contributed by atoms with E-state index in [4.69, 9.17) is 4.74 Å². The molecule has 1 aromatic carbocycles. The van der Waals surface area contributed by atoms with Crippen molar-refractivity contribution in [1.29, 1.82) is 0 Å². The molecule has 0 aromatic heterocycles. The third kappa shape index (κ3) is 4.72. The average molecular weight is 233 g/mol. The molecule has 0 radical (unpaired) electrons. The van der Waals surface area contributed by atoms with Crippen LogP contribution in [0.5, 0.6) is 0 Å². The molecule has 3 heteroatoms. The molecule has 0 spiro atoms. The molecule has 0 heterocycles. The van der Waals surface area contributed by atoms with Gasteiger partial charge in [-0.3, -0.25) is 4.79 Å². The maximum Gasteiger partial charge on any atom is 0.309 e. The molecule has 0 saturated carbocycles. The van der Waals surface area contributed by atoms with Crippen LogP contribution in [0.4, 0.5) is 5.69 Å². The summed E-state index contributed by atoms with van der Waals surface area (Å²) < 4.78 is 4.83. The molecule has 3 nitrogen and oxygen atoms in total. The minimum Gasteiger partial charge on any atom is -0.466 e. The highest BCUT2D eigenvalue weighted by atomic mass is 16.5. The van der Waals surface area contributed by atoms with Crippen LogP contribution < -0.4 is 4.90 Å². The summed E-state index contributed by atoms with van der Waals surface area (Å²) in [6, 6.07) is 8.14. The minimum atomic E-state index is -0.186. The quantitative estimate of drug-likeness (QED) is 0.732. The Kier molecular flexibility index (Phi) is 5.27. The standard InChI is InChI=1S/C14H19NO2/c1-4-17-14(16)7-5-6-12-8-10-13(11-9-12)15(2)3/h5-6,8-11H,4,7H2,1-3H3. The van der Waals surface area contributed by atoms with Crippen LogP contribution in [0.15, 0.2) is 30.3 Å². The molecule has 92 valence electrons. The van der Waals surface area contributed by atoms with Crippen LogP contribution in [0.2, 0.25) is 0 Å². The molecule has 0 amide bonds. The number of anilines is 1. The first kappa shape index (κ1) is 13.3. The Morgan fingerprint density at radius 2 is 1.94 bits per heavy atom. The Morgan fingerprint density at radius 1 is 1.29 bits per heavy atom. The fraction of sp³-hybridized carbons (Fsp3) is 0.357. The zero-order valence-corrected chi connectivity index (χ0v) is 10.6. The van der Waals surface area contributed by atoms with Crippen LogP contribution in [0.3, 0.4) is 0 Å². The van der Waals surface area contributed by atoms with Crippen LogP contribution in [-0.4, -0.2) is 26.7 Å². The van der Waals surface area contributed by atoms with E-state index in [0.717, 1.165) is 11.3 Å². The first-order valence-corrected chi connectivity index (χ1v) is 5.73. The Hall–Kier alpha value is -1.77. The number of nitrogens with zero attached hydrogens (tertiary/aromatic N) is 1. The number of carbonyl (C=O) groups is 1. The lowest BCUT2D eigenvalue weighted by atomic mass is 10.2. The molecule has 1 aromatic rings. The first-order valence-electron chi connectivity index (χ1n) is 5.73. The van der Waals surface area contributed by atoms with Gasteiger partial charge in [0.15, 0.2) is 0 Å². The molecule has 0 bridgehead atoms. The third-order valence-electron chi connectivity index (χ3n) is 2.31. The summed E-state index contributed by atoms with van der Waals surface area (Å²) in [6.45, 7) is 2.24. The first-order chi connectivity index (χ1) is 8.13. The van der Waals surface area contributed by atoms with Crippen LogP contribution >= 0.6 is 0 Å². The molecule has 0 unspecified atom stereocenters. The average Bonchev–Trinajstić information content (AvgIpc) is 2.30. The summed E-state index contributed by atoms with van der Waals surface area (Å²) in [5.74, 6) is -0.186. The molecule has 1 rings (SSSR count). The topological polar surface area (TPSA) is 29.5 Å². The van der Waals surface area contributed by atoms with E-state index in [1.54, 1.807) is 0 Å². The van der Waals surface area contributed by atoms with Crippen LogP contribution in [0.25, 0.3) is 6.08 Å². The second-order valence-corrected chi connectivity index (χ2v) is 3.90. The van der Waals surface area contributed by atoms with Crippen molar-refractivity contribution in [2.45, 2.75) is 13.3 Å². The molecular weight excluding hydrogens is 214 g/mol. The van der Waals surface area contributed by atoms with Crippen molar-refractivity contribution >= 4 is 17.7 Å². The second kappa shape index (κ2) is 6.74. The SMILES string of the molecule is CCOC(=O)CC=Cc1ccc(N(C)C)cc1. The predicted octanol–water partition coefficient (Wildman–Crippen LogP) is 2.72. The molecule has 0 fully saturated rings. The zero-order chi connectivity index (χ0) is 12.7. The fourth-order valence-electron chi connectivity index (χ4n) is 1.39. The predicted molar refractivity (Wildman–Crippen MR) is 71.1 cm³/mol. The maximum atomic E-state index is 11.1. The summed E-state index contributed by atoms with van der Waals surface area (Å²) in [5, 5.41) is 0. The lowest BCUT2D eigenvalue weighted by Gasteiger charge is -2.11. The van der Waals surface area contributed by atoms with Gasteiger partial charge in [0.25, 0.3) is 0 Å². The smallest absolute Gasteiger partial charge is 0.309 e. The number of hydrogen-bond acceptors (Lipinski definition) is 3. The van der Waals surface area contributed by atoms with E-state index >= 15 is 0 Å². The van der Waals surface area contributed by atoms with E-state index in [-0.39, 0.29) is 5.97 Å². The highest BCUT2D eigenvalue weighted by Gasteiger charge is 1.97. The monoisotopic (exact) mass is 233 g/mol. The van der Waals surface area contributed by atoms with Gasteiger partial charge in [0, 0.05) is 19.8 Å². The highest BCUT2D eigenvalue weighted by molar-refractivity contribution is 5.72. The summed E-state index contributed by atoms with van der Waals surface area (Å²) in [7, 11) is 4.01. The van der Waals surface area contributed by atoms with Gasteiger partial charge in [-0.05, 0) is 24.6 Å². The van der Waals surface area contributed by atoms with E-state index in [0.29, 0.717) is 13.0 Å². The summed E-state index contributed by atoms with van der Waals surface area (Å²) in [6.07, 6.45) is 4.07. The van der Waals surface area contributed by atoms with Gasteiger partial charge in [0.05, 0.1) is 13.0 Å². The van der Waals surface area contributed by atoms with Crippen molar-refractivity contribution in [2.24, 2.45) is 0 Å². The van der Waals surface area contributed by atoms with Gasteiger partial charge in [-0.1, -0.05) is 24.3 Å². The molecule has 17 heavy (non-hydrogen) atoms. The maximum absolute atomic E-state index is 11.1.